The van der Waals surface area contributed by atoms with Crippen LogP contribution in [0.3, 0.4) is 0 Å². The molecule has 2 bridgehead atoms. The van der Waals surface area contributed by atoms with Crippen LogP contribution in [-0.4, -0.2) is 36.1 Å². The lowest BCUT2D eigenvalue weighted by Gasteiger charge is -2.70. The highest BCUT2D eigenvalue weighted by Crippen LogP contribution is 2.60. The molecule has 2 N–H and O–H groups in total. The fraction of sp³-hybridized carbons (Fsp3) is 0.364. The third-order valence-electron chi connectivity index (χ3n) is 5.52. The van der Waals surface area contributed by atoms with Gasteiger partial charge in [0.05, 0.1) is 16.7 Å². The maximum Gasteiger partial charge on any atom is 0.258 e. The van der Waals surface area contributed by atoms with E-state index < -0.39 is 0 Å². The first-order valence-electron chi connectivity index (χ1n) is 9.79. The molecular weight excluding hydrogens is 446 g/mol. The van der Waals surface area contributed by atoms with Crippen LogP contribution < -0.4 is 15.4 Å². The Morgan fingerprint density at radius 3 is 2.13 bits per heavy atom. The first-order chi connectivity index (χ1) is 14.8. The first kappa shape index (κ1) is 21.9. The van der Waals surface area contributed by atoms with Gasteiger partial charge in [0.2, 0.25) is 5.91 Å². The van der Waals surface area contributed by atoms with Crippen molar-refractivity contribution in [3.8, 4) is 5.75 Å². The zero-order chi connectivity index (χ0) is 22.1. The van der Waals surface area contributed by atoms with E-state index in [1.54, 1.807) is 30.3 Å². The number of halogens is 3. The SMILES string of the molecule is O=C(COCc1ccc(F)cc1)NC12CC(NC(=O)COc3ccc(Cl)c(Cl)c3)(C1)C2. The molecule has 31 heavy (non-hydrogen) atoms. The van der Waals surface area contributed by atoms with Gasteiger partial charge in [0.1, 0.15) is 18.2 Å². The molecule has 0 aromatic heterocycles. The van der Waals surface area contributed by atoms with Crippen LogP contribution in [0.4, 0.5) is 4.39 Å². The fourth-order valence-electron chi connectivity index (χ4n) is 4.27. The maximum atomic E-state index is 12.9. The van der Waals surface area contributed by atoms with Crippen molar-refractivity contribution >= 4 is 35.0 Å². The van der Waals surface area contributed by atoms with E-state index in [0.29, 0.717) is 35.1 Å². The summed E-state index contributed by atoms with van der Waals surface area (Å²) in [5, 5.41) is 6.75. The molecule has 0 unspecified atom stereocenters. The molecule has 5 rings (SSSR count). The zero-order valence-corrected chi connectivity index (χ0v) is 18.1. The average Bonchev–Trinajstić information content (AvgIpc) is 2.68. The highest BCUT2D eigenvalue weighted by molar-refractivity contribution is 6.42. The third kappa shape index (κ3) is 5.11. The van der Waals surface area contributed by atoms with Crippen LogP contribution in [0.15, 0.2) is 42.5 Å². The molecule has 3 saturated carbocycles. The standard InChI is InChI=1S/C22H21Cl2FN2O4/c23-17-6-5-16(7-18(17)24)31-10-20(29)27-22-11-21(12-22,13-22)26-19(28)9-30-8-14-1-3-15(25)4-2-14/h1-7H,8-13H2,(H,26,28)(H,27,29). The molecule has 0 spiro atoms. The Labute approximate surface area is 189 Å². The van der Waals surface area contributed by atoms with Gasteiger partial charge in [-0.3, -0.25) is 9.59 Å². The second-order valence-electron chi connectivity index (χ2n) is 8.17. The van der Waals surface area contributed by atoms with Crippen molar-refractivity contribution in [3.05, 3.63) is 63.9 Å². The monoisotopic (exact) mass is 466 g/mol. The molecule has 0 heterocycles. The number of carbonyl (C=O) groups is 2. The summed E-state index contributed by atoms with van der Waals surface area (Å²) in [6, 6.07) is 10.7. The minimum absolute atomic E-state index is 0.0734. The lowest BCUT2D eigenvalue weighted by atomic mass is 9.44. The molecule has 0 aliphatic heterocycles. The lowest BCUT2D eigenvalue weighted by Crippen LogP contribution is -2.84. The summed E-state index contributed by atoms with van der Waals surface area (Å²) in [5.41, 5.74) is 0.249. The van der Waals surface area contributed by atoms with Gasteiger partial charge in [0.25, 0.3) is 5.91 Å². The molecule has 3 fully saturated rings. The lowest BCUT2D eigenvalue weighted by molar-refractivity contribution is -0.152. The molecule has 6 nitrogen and oxygen atoms in total. The molecular formula is C22H21Cl2FN2O4. The van der Waals surface area contributed by atoms with Crippen molar-refractivity contribution in [3.63, 3.8) is 0 Å². The van der Waals surface area contributed by atoms with Crippen molar-refractivity contribution in [2.75, 3.05) is 13.2 Å². The Kier molecular flexibility index (Phi) is 6.10. The van der Waals surface area contributed by atoms with Crippen LogP contribution in [-0.2, 0) is 20.9 Å². The number of carbonyl (C=O) groups excluding carboxylic acids is 2. The quantitative estimate of drug-likeness (QED) is 0.591. The third-order valence-corrected chi connectivity index (χ3v) is 6.25. The highest BCUT2D eigenvalue weighted by Gasteiger charge is 2.69. The second-order valence-corrected chi connectivity index (χ2v) is 8.99. The molecule has 9 heteroatoms. The van der Waals surface area contributed by atoms with E-state index in [2.05, 4.69) is 10.6 Å². The summed E-state index contributed by atoms with van der Waals surface area (Å²) in [5.74, 6) is -0.281. The number of benzene rings is 2. The maximum absolute atomic E-state index is 12.9. The normalized spacial score (nSPS) is 23.3. The molecule has 0 radical (unpaired) electrons. The van der Waals surface area contributed by atoms with Gasteiger partial charge in [-0.05, 0) is 49.1 Å². The molecule has 0 atom stereocenters. The minimum atomic E-state index is -0.313. The Bertz CT molecular complexity index is 980. The summed E-state index contributed by atoms with van der Waals surface area (Å²) in [6.45, 7) is 0.0335. The number of amides is 2. The van der Waals surface area contributed by atoms with Crippen LogP contribution >= 0.6 is 23.2 Å². The van der Waals surface area contributed by atoms with E-state index in [1.807, 2.05) is 0 Å². The predicted molar refractivity (Wildman–Crippen MR) is 114 cm³/mol. The van der Waals surface area contributed by atoms with Gasteiger partial charge >= 0.3 is 0 Å². The van der Waals surface area contributed by atoms with E-state index in [9.17, 15) is 14.0 Å². The van der Waals surface area contributed by atoms with Gasteiger partial charge in [-0.2, -0.15) is 0 Å². The number of ether oxygens (including phenoxy) is 2. The van der Waals surface area contributed by atoms with Crippen molar-refractivity contribution in [2.45, 2.75) is 36.9 Å². The van der Waals surface area contributed by atoms with Crippen LogP contribution in [0.25, 0.3) is 0 Å². The van der Waals surface area contributed by atoms with E-state index in [-0.39, 0.29) is 48.5 Å². The summed E-state index contributed by atoms with van der Waals surface area (Å²) in [7, 11) is 0. The average molecular weight is 467 g/mol. The number of rotatable bonds is 9. The zero-order valence-electron chi connectivity index (χ0n) is 16.6. The van der Waals surface area contributed by atoms with Gasteiger partial charge in [-0.15, -0.1) is 0 Å². The van der Waals surface area contributed by atoms with Gasteiger partial charge in [-0.1, -0.05) is 35.3 Å². The summed E-state index contributed by atoms with van der Waals surface area (Å²) in [4.78, 5) is 24.3. The Balaban J connectivity index is 1.14. The van der Waals surface area contributed by atoms with Gasteiger partial charge < -0.3 is 20.1 Å². The second kappa shape index (κ2) is 8.65. The van der Waals surface area contributed by atoms with Gasteiger partial charge in [0, 0.05) is 17.1 Å². The largest absolute Gasteiger partial charge is 0.484 e. The van der Waals surface area contributed by atoms with Crippen LogP contribution in [0.5, 0.6) is 5.75 Å². The molecule has 2 amide bonds. The van der Waals surface area contributed by atoms with Crippen LogP contribution in [0.1, 0.15) is 24.8 Å². The fourth-order valence-corrected chi connectivity index (χ4v) is 4.56. The van der Waals surface area contributed by atoms with Crippen molar-refractivity contribution in [2.24, 2.45) is 0 Å². The summed E-state index contributed by atoms with van der Waals surface area (Å²) >= 11 is 11.8. The Hall–Kier alpha value is -2.35. The molecule has 3 aliphatic carbocycles. The minimum Gasteiger partial charge on any atom is -0.484 e. The van der Waals surface area contributed by atoms with Crippen LogP contribution in [0.2, 0.25) is 10.0 Å². The van der Waals surface area contributed by atoms with Crippen molar-refractivity contribution < 1.29 is 23.5 Å². The first-order valence-corrected chi connectivity index (χ1v) is 10.5. The summed E-state index contributed by atoms with van der Waals surface area (Å²) in [6.07, 6.45) is 2.05. The topological polar surface area (TPSA) is 76.7 Å². The molecule has 2 aromatic rings. The highest BCUT2D eigenvalue weighted by atomic mass is 35.5. The smallest absolute Gasteiger partial charge is 0.258 e. The van der Waals surface area contributed by atoms with Crippen molar-refractivity contribution in [1.29, 1.82) is 0 Å². The molecule has 164 valence electrons. The number of hydrogen-bond acceptors (Lipinski definition) is 4. The Morgan fingerprint density at radius 1 is 0.903 bits per heavy atom. The summed E-state index contributed by atoms with van der Waals surface area (Å²) < 4.78 is 23.7. The van der Waals surface area contributed by atoms with Gasteiger partial charge in [-0.25, -0.2) is 4.39 Å². The number of hydrogen-bond donors (Lipinski definition) is 2. The number of nitrogens with one attached hydrogen (secondary N) is 2. The Morgan fingerprint density at radius 2 is 1.52 bits per heavy atom. The van der Waals surface area contributed by atoms with E-state index in [0.717, 1.165) is 5.56 Å². The van der Waals surface area contributed by atoms with E-state index in [4.69, 9.17) is 32.7 Å². The predicted octanol–water partition coefficient (Wildman–Crippen LogP) is 3.64. The van der Waals surface area contributed by atoms with Crippen molar-refractivity contribution in [1.82, 2.24) is 10.6 Å². The van der Waals surface area contributed by atoms with Crippen LogP contribution in [0, 0.1) is 5.82 Å². The molecule has 3 aliphatic rings. The van der Waals surface area contributed by atoms with E-state index in [1.165, 1.54) is 12.1 Å². The molecule has 2 aromatic carbocycles. The molecule has 0 saturated heterocycles. The van der Waals surface area contributed by atoms with Gasteiger partial charge in [0.15, 0.2) is 6.61 Å². The van der Waals surface area contributed by atoms with E-state index >= 15 is 0 Å².